The molecule has 0 bridgehead atoms. The van der Waals surface area contributed by atoms with Crippen molar-refractivity contribution in [3.05, 3.63) is 151 Å². The van der Waals surface area contributed by atoms with Gasteiger partial charge in [-0.3, -0.25) is 9.98 Å². The number of para-hydroxylation sites is 4. The molecule has 66 heavy (non-hydrogen) atoms. The Labute approximate surface area is 424 Å². The van der Waals surface area contributed by atoms with E-state index in [4.69, 9.17) is 20.6 Å². The molecule has 360 valence electrons. The van der Waals surface area contributed by atoms with Crippen LogP contribution < -0.4 is 0 Å². The molecule has 4 aromatic carbocycles. The van der Waals surface area contributed by atoms with Crippen molar-refractivity contribution in [2.45, 2.75) is 186 Å². The Morgan fingerprint density at radius 2 is 0.530 bits per heavy atom. The van der Waals surface area contributed by atoms with Crippen LogP contribution >= 0.6 is 0 Å². The van der Waals surface area contributed by atoms with Gasteiger partial charge in [-0.15, -0.1) is 11.4 Å². The van der Waals surface area contributed by atoms with Gasteiger partial charge in [-0.25, -0.2) is 0 Å². The van der Waals surface area contributed by atoms with Gasteiger partial charge in [-0.1, -0.05) is 232 Å². The Morgan fingerprint density at radius 3 is 0.712 bits per heavy atom. The van der Waals surface area contributed by atoms with E-state index in [1.54, 1.807) is 0 Å². The van der Waals surface area contributed by atoms with E-state index in [9.17, 15) is 0 Å². The minimum Gasteiger partial charge on any atom is -2.00 e. The minimum atomic E-state index is 0. The fourth-order valence-corrected chi connectivity index (χ4v) is 8.00. The average Bonchev–Trinajstić information content (AvgIpc) is 3.17. The van der Waals surface area contributed by atoms with Gasteiger partial charge in [0.2, 0.25) is 0 Å². The maximum Gasteiger partial charge on any atom is 3.00 e. The number of aliphatic imine (C=N–C) groups is 2. The topological polar surface area (TPSA) is 110 Å². The van der Waals surface area contributed by atoms with Gasteiger partial charge in [0.05, 0.1) is 11.4 Å². The summed E-state index contributed by atoms with van der Waals surface area (Å²) in [6, 6.07) is 26.3. The molecule has 0 heterocycles. The monoisotopic (exact) mass is 977 g/mol. The fraction of sp³-hybridized carbons (Fsp3) is 0.483. The summed E-state index contributed by atoms with van der Waals surface area (Å²) in [6.07, 6.45) is 4.23. The zero-order valence-corrected chi connectivity index (χ0v) is 46.4. The van der Waals surface area contributed by atoms with Gasteiger partial charge in [-0.2, -0.15) is 11.4 Å². The molecule has 0 aromatic heterocycles. The number of nitrogens with zero attached hydrogens (tertiary/aromatic N) is 4. The Hall–Kier alpha value is -3.74. The summed E-state index contributed by atoms with van der Waals surface area (Å²) in [5.74, 6) is 3.49. The number of hydrogen-bond donors (Lipinski definition) is 0. The number of hydrogen-bond acceptors (Lipinski definition) is 2. The quantitative estimate of drug-likeness (QED) is 0.0787. The first-order valence-electron chi connectivity index (χ1n) is 23.5. The van der Waals surface area contributed by atoms with Crippen LogP contribution in [-0.4, -0.2) is 11.4 Å². The van der Waals surface area contributed by atoms with Gasteiger partial charge < -0.3 is 21.6 Å². The van der Waals surface area contributed by atoms with E-state index in [1.807, 2.05) is 0 Å². The van der Waals surface area contributed by atoms with E-state index in [0.29, 0.717) is 47.3 Å². The van der Waals surface area contributed by atoms with E-state index in [-0.39, 0.29) is 45.1 Å². The van der Waals surface area contributed by atoms with Crippen LogP contribution in [0.1, 0.15) is 230 Å². The average molecular weight is 977 g/mol. The Morgan fingerprint density at radius 1 is 0.348 bits per heavy atom. The normalized spacial score (nSPS) is 12.3. The zero-order chi connectivity index (χ0) is 46.6. The van der Waals surface area contributed by atoms with Crippen LogP contribution in [0.2, 0.25) is 0 Å². The summed E-state index contributed by atoms with van der Waals surface area (Å²) in [4.78, 5) is 10.2. The zero-order valence-electron chi connectivity index (χ0n) is 44.1. The van der Waals surface area contributed by atoms with Crippen molar-refractivity contribution in [1.29, 1.82) is 0 Å². The molecule has 0 aliphatic carbocycles. The molecule has 0 atom stereocenters. The van der Waals surface area contributed by atoms with Crippen LogP contribution in [0.25, 0.3) is 10.6 Å². The van der Waals surface area contributed by atoms with Gasteiger partial charge in [0.25, 0.3) is 0 Å². The molecule has 0 unspecified atom stereocenters. The summed E-state index contributed by atoms with van der Waals surface area (Å²) >= 11 is 0. The van der Waals surface area contributed by atoms with Crippen LogP contribution in [0, 0.1) is 0 Å². The Kier molecular flexibility index (Phi) is 29.1. The predicted molar refractivity (Wildman–Crippen MR) is 279 cm³/mol. The van der Waals surface area contributed by atoms with Crippen LogP contribution in [0.5, 0.6) is 0 Å². The molecule has 0 spiro atoms. The second-order valence-electron chi connectivity index (χ2n) is 19.7. The summed E-state index contributed by atoms with van der Waals surface area (Å²) in [5.41, 5.74) is 18.9. The molecule has 0 aliphatic rings. The van der Waals surface area contributed by atoms with Crippen LogP contribution in [0.3, 0.4) is 0 Å². The summed E-state index contributed by atoms with van der Waals surface area (Å²) in [7, 11) is 0. The van der Waals surface area contributed by atoms with Gasteiger partial charge in [0, 0.05) is 11.4 Å². The molecule has 0 N–H and O–H groups in total. The molecule has 6 nitrogen and oxygen atoms in total. The smallest absolute Gasteiger partial charge is 2.00 e. The summed E-state index contributed by atoms with van der Waals surface area (Å²) in [5, 5.41) is 10.2. The molecule has 0 saturated carbocycles. The summed E-state index contributed by atoms with van der Waals surface area (Å²) in [6.45, 7) is 44.1. The fourth-order valence-electron chi connectivity index (χ4n) is 8.00. The van der Waals surface area contributed by atoms with Crippen molar-refractivity contribution in [1.82, 2.24) is 0 Å². The number of benzene rings is 4. The predicted octanol–water partition coefficient (Wildman–Crippen LogP) is 19.5. The molecule has 0 amide bonds. The van der Waals surface area contributed by atoms with Crippen molar-refractivity contribution < 1.29 is 45.1 Å². The van der Waals surface area contributed by atoms with Crippen LogP contribution in [0.4, 0.5) is 22.7 Å². The third-order valence-electron chi connectivity index (χ3n) is 11.4. The molecule has 0 saturated heterocycles. The van der Waals surface area contributed by atoms with Crippen LogP contribution in [0.15, 0.2) is 106 Å². The Balaban J connectivity index is 0. The molecule has 0 radical (unpaired) electrons. The van der Waals surface area contributed by atoms with E-state index in [1.165, 1.54) is 44.5 Å². The third kappa shape index (κ3) is 18.1. The molecule has 8 heteroatoms. The van der Waals surface area contributed by atoms with E-state index in [0.717, 1.165) is 45.6 Å². The maximum absolute atomic E-state index is 5.08. The van der Waals surface area contributed by atoms with Gasteiger partial charge >= 0.3 is 34.1 Å². The Bertz CT molecular complexity index is 1960. The van der Waals surface area contributed by atoms with Crippen molar-refractivity contribution in [2.24, 2.45) is 9.98 Å². The van der Waals surface area contributed by atoms with Crippen LogP contribution in [-0.2, 0) is 45.1 Å². The molecule has 4 aromatic rings. The van der Waals surface area contributed by atoms with Gasteiger partial charge in [0.15, 0.2) is 0 Å². The second-order valence-corrected chi connectivity index (χ2v) is 19.7. The minimum absolute atomic E-state index is 0. The SMILES string of the molecule is CC(/C=C(/C)[N-]c1c(C(C)C)cccc1C(C)C)=Nc1c(C(C)C)cccc1C(C)C.CC(/C=C(/C)[N-]c1c(C(C)C)cccc1C(C)C)=Nc1c(C(C)C)cccc1C(C)C.[Mn+3].[Mn+3].[O-2].[O-2]. The molecule has 4 rings (SSSR count). The van der Waals surface area contributed by atoms with Crippen molar-refractivity contribution in [3.8, 4) is 0 Å². The first kappa shape index (κ1) is 64.3. The largest absolute Gasteiger partial charge is 3.00 e. The third-order valence-corrected chi connectivity index (χ3v) is 11.4. The maximum atomic E-state index is 5.08. The molecular formula is C58H82Mn2N4O2. The number of allylic oxidation sites excluding steroid dienone is 4. The van der Waals surface area contributed by atoms with Crippen molar-refractivity contribution in [2.75, 3.05) is 0 Å². The summed E-state index contributed by atoms with van der Waals surface area (Å²) < 4.78 is 0. The van der Waals surface area contributed by atoms with E-state index in [2.05, 4.69) is 223 Å². The molecular weight excluding hydrogens is 895 g/mol. The number of rotatable bonds is 16. The molecule has 0 aliphatic heterocycles. The molecule has 0 fully saturated rings. The van der Waals surface area contributed by atoms with Crippen molar-refractivity contribution >= 4 is 34.2 Å². The second kappa shape index (κ2) is 29.9. The van der Waals surface area contributed by atoms with Gasteiger partial charge in [0.1, 0.15) is 0 Å². The van der Waals surface area contributed by atoms with E-state index >= 15 is 0 Å². The first-order valence-corrected chi connectivity index (χ1v) is 23.5. The van der Waals surface area contributed by atoms with Crippen molar-refractivity contribution in [3.63, 3.8) is 0 Å². The standard InChI is InChI=1S/2C29H41N2.2Mn.2O/c2*1-18(2)24-13-11-14-25(19(3)4)28(24)30-22(9)17-23(10)31-29-26(20(5)6)15-12-16-27(29)21(7)8;;;;/h2*11-21H,1-10H3;;;;/q2*-1;2*+3;2*-2/b2*22-17-,31-23?;;;;. The van der Waals surface area contributed by atoms with Gasteiger partial charge in [-0.05, 0) is 83.4 Å². The first-order chi connectivity index (χ1) is 29.0. The van der Waals surface area contributed by atoms with E-state index < -0.39 is 0 Å².